The molecule has 2 bridgehead atoms. The largest absolute Gasteiger partial charge is 0.435 e. The van der Waals surface area contributed by atoms with E-state index in [9.17, 15) is 40.6 Å². The highest BCUT2D eigenvalue weighted by Gasteiger charge is 2.59. The molecule has 0 spiro atoms. The second-order valence-corrected chi connectivity index (χ2v) is 7.81. The number of nitrogens with one attached hydrogen (secondary N) is 1. The molecule has 0 saturated carbocycles. The summed E-state index contributed by atoms with van der Waals surface area (Å²) in [6, 6.07) is 1.43. The van der Waals surface area contributed by atoms with Gasteiger partial charge in [0.2, 0.25) is 5.91 Å². The monoisotopic (exact) mass is 467 g/mol. The quantitative estimate of drug-likeness (QED) is 0.679. The van der Waals surface area contributed by atoms with Crippen LogP contribution in [0.2, 0.25) is 0 Å². The lowest BCUT2D eigenvalue weighted by Gasteiger charge is -2.30. The first-order chi connectivity index (χ1) is 14.8. The van der Waals surface area contributed by atoms with Crippen LogP contribution in [0.5, 0.6) is 0 Å². The van der Waals surface area contributed by atoms with E-state index in [0.29, 0.717) is 12.1 Å². The Hall–Kier alpha value is -2.67. The predicted octanol–water partition coefficient (Wildman–Crippen LogP) is 3.47. The van der Waals surface area contributed by atoms with Gasteiger partial charge in [-0.1, -0.05) is 0 Å². The van der Waals surface area contributed by atoms with Gasteiger partial charge in [-0.25, -0.2) is 4.39 Å². The molecule has 2 N–H and O–H groups in total. The zero-order valence-corrected chi connectivity index (χ0v) is 16.2. The first-order valence-corrected chi connectivity index (χ1v) is 9.38. The van der Waals surface area contributed by atoms with Gasteiger partial charge in [0.15, 0.2) is 5.69 Å². The summed E-state index contributed by atoms with van der Waals surface area (Å²) in [5.41, 5.74) is -3.47. The van der Waals surface area contributed by atoms with Gasteiger partial charge in [0.05, 0.1) is 29.8 Å². The number of alkyl halides is 6. The van der Waals surface area contributed by atoms with Crippen molar-refractivity contribution in [2.24, 2.45) is 13.0 Å². The lowest BCUT2D eigenvalue weighted by Crippen LogP contribution is -2.41. The van der Waals surface area contributed by atoms with Gasteiger partial charge in [0.1, 0.15) is 5.82 Å². The number of aliphatic hydroxyl groups excluding tert-OH is 1. The number of amides is 1. The highest BCUT2D eigenvalue weighted by molar-refractivity contribution is 5.94. The van der Waals surface area contributed by atoms with E-state index in [2.05, 4.69) is 10.4 Å². The fraction of sp³-hybridized carbons (Fsp3) is 0.474. The third kappa shape index (κ3) is 3.94. The first-order valence-electron chi connectivity index (χ1n) is 9.38. The number of aliphatic hydroxyl groups is 1. The van der Waals surface area contributed by atoms with Gasteiger partial charge in [0.25, 0.3) is 0 Å². The minimum atomic E-state index is -4.87. The number of hydrogen-bond donors (Lipinski definition) is 2. The molecule has 0 aliphatic carbocycles. The van der Waals surface area contributed by atoms with Gasteiger partial charge in [-0.05, 0) is 18.2 Å². The lowest BCUT2D eigenvalue weighted by molar-refractivity contribution is -0.143. The van der Waals surface area contributed by atoms with Crippen molar-refractivity contribution in [3.63, 3.8) is 0 Å². The van der Waals surface area contributed by atoms with E-state index >= 15 is 0 Å². The van der Waals surface area contributed by atoms with Crippen molar-refractivity contribution in [2.45, 2.75) is 43.0 Å². The SMILES string of the molecule is Cn1cc(C2C3OC(CC3O)C2C(=O)Nc2cc(F)cc(C(F)(F)F)c2)c(C(F)(F)F)n1. The Morgan fingerprint density at radius 3 is 2.50 bits per heavy atom. The maximum Gasteiger partial charge on any atom is 0.435 e. The summed E-state index contributed by atoms with van der Waals surface area (Å²) in [7, 11) is 1.25. The number of halogens is 7. The van der Waals surface area contributed by atoms with Crippen LogP contribution in [0.4, 0.5) is 36.4 Å². The normalized spacial score (nSPS) is 27.7. The fourth-order valence-electron chi connectivity index (χ4n) is 4.44. The van der Waals surface area contributed by atoms with Crippen molar-refractivity contribution in [2.75, 3.05) is 5.32 Å². The van der Waals surface area contributed by atoms with Crippen molar-refractivity contribution >= 4 is 11.6 Å². The molecule has 3 heterocycles. The molecule has 1 aromatic carbocycles. The second kappa shape index (κ2) is 7.44. The first kappa shape index (κ1) is 22.5. The zero-order chi connectivity index (χ0) is 23.6. The Morgan fingerprint density at radius 1 is 1.19 bits per heavy atom. The fourth-order valence-corrected chi connectivity index (χ4v) is 4.44. The molecule has 2 aliphatic rings. The van der Waals surface area contributed by atoms with Crippen LogP contribution in [0.15, 0.2) is 24.4 Å². The van der Waals surface area contributed by atoms with Crippen LogP contribution in [0.25, 0.3) is 0 Å². The maximum absolute atomic E-state index is 13.7. The molecule has 32 heavy (non-hydrogen) atoms. The van der Waals surface area contributed by atoms with E-state index in [1.165, 1.54) is 7.05 Å². The van der Waals surface area contributed by atoms with E-state index in [-0.39, 0.29) is 18.1 Å². The van der Waals surface area contributed by atoms with Crippen LogP contribution < -0.4 is 5.32 Å². The topological polar surface area (TPSA) is 76.4 Å². The number of nitrogens with zero attached hydrogens (tertiary/aromatic N) is 2. The van der Waals surface area contributed by atoms with Crippen LogP contribution in [0.3, 0.4) is 0 Å². The number of fused-ring (bicyclic) bond motifs is 2. The summed E-state index contributed by atoms with van der Waals surface area (Å²) in [4.78, 5) is 13.0. The summed E-state index contributed by atoms with van der Waals surface area (Å²) < 4.78 is 99.5. The van der Waals surface area contributed by atoms with Crippen LogP contribution in [-0.4, -0.2) is 39.1 Å². The van der Waals surface area contributed by atoms with E-state index in [1.807, 2.05) is 0 Å². The van der Waals surface area contributed by atoms with Gasteiger partial charge in [-0.15, -0.1) is 0 Å². The molecule has 2 fully saturated rings. The van der Waals surface area contributed by atoms with Gasteiger partial charge in [-0.3, -0.25) is 9.48 Å². The van der Waals surface area contributed by atoms with Crippen LogP contribution in [0, 0.1) is 11.7 Å². The molecule has 1 aromatic heterocycles. The van der Waals surface area contributed by atoms with Crippen LogP contribution in [0.1, 0.15) is 29.2 Å². The third-order valence-electron chi connectivity index (χ3n) is 5.61. The van der Waals surface area contributed by atoms with E-state index in [4.69, 9.17) is 4.74 Å². The number of rotatable bonds is 3. The molecule has 2 aromatic rings. The van der Waals surface area contributed by atoms with Gasteiger partial charge in [0, 0.05) is 36.8 Å². The number of ether oxygens (including phenoxy) is 1. The van der Waals surface area contributed by atoms with Gasteiger partial charge in [-0.2, -0.15) is 31.4 Å². The van der Waals surface area contributed by atoms with Crippen molar-refractivity contribution < 1.29 is 45.4 Å². The standard InChI is InChI=1S/C19H16F7N3O3/c1-29-6-10(16(28-29)19(24,25)26)13-14(12-5-11(30)15(13)32-12)17(31)27-9-3-7(18(21,22)23)2-8(20)4-9/h2-4,6,11-15,30H,5H2,1H3,(H,27,31). The predicted molar refractivity (Wildman–Crippen MR) is 93.8 cm³/mol. The molecular weight excluding hydrogens is 451 g/mol. The van der Waals surface area contributed by atoms with Crippen LogP contribution in [-0.2, 0) is 28.9 Å². The van der Waals surface area contributed by atoms with Gasteiger partial charge < -0.3 is 15.2 Å². The maximum atomic E-state index is 13.7. The molecule has 5 unspecified atom stereocenters. The Balaban J connectivity index is 1.69. The number of benzene rings is 1. The number of carbonyl (C=O) groups is 1. The Labute approximate surface area is 176 Å². The van der Waals surface area contributed by atoms with Crippen molar-refractivity contribution in [3.8, 4) is 0 Å². The average Bonchev–Trinajstić information content (AvgIpc) is 3.31. The number of hydrogen-bond acceptors (Lipinski definition) is 4. The summed E-state index contributed by atoms with van der Waals surface area (Å²) >= 11 is 0. The summed E-state index contributed by atoms with van der Waals surface area (Å²) in [5, 5.41) is 15.7. The summed E-state index contributed by atoms with van der Waals surface area (Å²) in [6.07, 6.45) is -12.0. The summed E-state index contributed by atoms with van der Waals surface area (Å²) in [6.45, 7) is 0. The zero-order valence-electron chi connectivity index (χ0n) is 16.2. The summed E-state index contributed by atoms with van der Waals surface area (Å²) in [5.74, 6) is -4.74. The Kier molecular flexibility index (Phi) is 5.24. The van der Waals surface area contributed by atoms with E-state index in [1.54, 1.807) is 0 Å². The number of carbonyl (C=O) groups excluding carboxylic acids is 1. The average molecular weight is 467 g/mol. The molecule has 0 radical (unpaired) electrons. The molecule has 13 heteroatoms. The van der Waals surface area contributed by atoms with E-state index in [0.717, 1.165) is 10.9 Å². The molecule has 6 nitrogen and oxygen atoms in total. The van der Waals surface area contributed by atoms with Crippen molar-refractivity contribution in [3.05, 3.63) is 47.0 Å². The molecule has 2 aliphatic heterocycles. The molecular formula is C19H16F7N3O3. The second-order valence-electron chi connectivity index (χ2n) is 7.81. The lowest BCUT2D eigenvalue weighted by atomic mass is 9.73. The number of anilines is 1. The number of aromatic nitrogens is 2. The Bertz CT molecular complexity index is 1050. The molecule has 4 rings (SSSR count). The van der Waals surface area contributed by atoms with E-state index < -0.39 is 71.2 Å². The molecule has 2 saturated heterocycles. The van der Waals surface area contributed by atoms with Crippen molar-refractivity contribution in [1.29, 1.82) is 0 Å². The minimum Gasteiger partial charge on any atom is -0.390 e. The highest BCUT2D eigenvalue weighted by Crippen LogP contribution is 2.51. The highest BCUT2D eigenvalue weighted by atomic mass is 19.4. The Morgan fingerprint density at radius 2 is 1.88 bits per heavy atom. The molecule has 174 valence electrons. The third-order valence-corrected chi connectivity index (χ3v) is 5.61. The van der Waals surface area contributed by atoms with Gasteiger partial charge >= 0.3 is 12.4 Å². The molecule has 5 atom stereocenters. The smallest absolute Gasteiger partial charge is 0.390 e. The molecule has 1 amide bonds. The number of aryl methyl sites for hydroxylation is 1. The minimum absolute atomic E-state index is 0.0438. The van der Waals surface area contributed by atoms with Crippen LogP contribution >= 0.6 is 0 Å². The van der Waals surface area contributed by atoms with Crippen molar-refractivity contribution in [1.82, 2.24) is 9.78 Å².